The van der Waals surface area contributed by atoms with E-state index in [1.807, 2.05) is 11.8 Å². The molecule has 1 aromatic carbocycles. The molecule has 0 aliphatic carbocycles. The summed E-state index contributed by atoms with van der Waals surface area (Å²) >= 11 is 0. The lowest BCUT2D eigenvalue weighted by molar-refractivity contribution is 0.188. The first-order chi connectivity index (χ1) is 13.3. The third kappa shape index (κ3) is 7.69. The molecule has 1 saturated heterocycles. The van der Waals surface area contributed by atoms with E-state index < -0.39 is 21.7 Å². The summed E-state index contributed by atoms with van der Waals surface area (Å²) in [6, 6.07) is 4.01. The van der Waals surface area contributed by atoms with Crippen molar-refractivity contribution in [1.82, 2.24) is 20.3 Å². The third-order valence-electron chi connectivity index (χ3n) is 4.38. The number of guanidine groups is 1. The Bertz CT molecular complexity index is 753. The average molecular weight is 418 g/mol. The van der Waals surface area contributed by atoms with Gasteiger partial charge < -0.3 is 10.6 Å². The molecule has 0 amide bonds. The number of hydrogen-bond acceptors (Lipinski definition) is 4. The summed E-state index contributed by atoms with van der Waals surface area (Å²) in [5.74, 6) is -0.451. The summed E-state index contributed by atoms with van der Waals surface area (Å²) in [5.41, 5.74) is 0.0931. The first-order valence-electron chi connectivity index (χ1n) is 9.43. The van der Waals surface area contributed by atoms with Gasteiger partial charge >= 0.3 is 0 Å². The van der Waals surface area contributed by atoms with Crippen molar-refractivity contribution in [1.29, 1.82) is 0 Å². The molecule has 1 fully saturated rings. The fourth-order valence-electron chi connectivity index (χ4n) is 3.14. The fraction of sp³-hybridized carbons (Fsp3) is 0.611. The second kappa shape index (κ2) is 10.7. The number of halogens is 2. The molecule has 1 aromatic rings. The van der Waals surface area contributed by atoms with Gasteiger partial charge in [-0.05, 0) is 38.4 Å². The zero-order valence-corrected chi connectivity index (χ0v) is 17.2. The van der Waals surface area contributed by atoms with Crippen LogP contribution < -0.4 is 15.4 Å². The van der Waals surface area contributed by atoms with Crippen LogP contribution in [-0.4, -0.2) is 64.3 Å². The molecule has 3 N–H and O–H groups in total. The van der Waals surface area contributed by atoms with Crippen LogP contribution in [0.3, 0.4) is 0 Å². The van der Waals surface area contributed by atoms with E-state index in [2.05, 4.69) is 20.3 Å². The number of rotatable bonds is 8. The van der Waals surface area contributed by atoms with Crippen LogP contribution in [0, 0.1) is 11.6 Å². The summed E-state index contributed by atoms with van der Waals surface area (Å²) < 4.78 is 52.4. The zero-order valence-electron chi connectivity index (χ0n) is 16.3. The van der Waals surface area contributed by atoms with Gasteiger partial charge in [-0.15, -0.1) is 0 Å². The molecule has 7 nitrogen and oxygen atoms in total. The van der Waals surface area contributed by atoms with Gasteiger partial charge in [-0.1, -0.05) is 6.07 Å². The quantitative estimate of drug-likeness (QED) is 0.334. The number of nitrogens with zero attached hydrogens (tertiary/aromatic N) is 2. The van der Waals surface area contributed by atoms with Gasteiger partial charge in [-0.3, -0.25) is 9.89 Å². The predicted molar refractivity (Wildman–Crippen MR) is 107 cm³/mol. The molecule has 1 aliphatic heterocycles. The molecule has 1 unspecified atom stereocenters. The Labute approximate surface area is 165 Å². The van der Waals surface area contributed by atoms with E-state index in [-0.39, 0.29) is 24.7 Å². The average Bonchev–Trinajstić information content (AvgIpc) is 2.62. The smallest absolute Gasteiger partial charge is 0.208 e. The Hall–Kier alpha value is -1.78. The molecule has 1 aliphatic rings. The van der Waals surface area contributed by atoms with Crippen LogP contribution in [-0.2, 0) is 16.6 Å². The third-order valence-corrected chi connectivity index (χ3v) is 5.11. The Morgan fingerprint density at radius 2 is 2.04 bits per heavy atom. The monoisotopic (exact) mass is 417 g/mol. The second-order valence-corrected chi connectivity index (χ2v) is 8.68. The van der Waals surface area contributed by atoms with Crippen molar-refractivity contribution in [2.24, 2.45) is 4.99 Å². The maximum absolute atomic E-state index is 13.9. The van der Waals surface area contributed by atoms with E-state index in [0.29, 0.717) is 25.6 Å². The molecule has 2 rings (SSSR count). The first kappa shape index (κ1) is 22.5. The van der Waals surface area contributed by atoms with Crippen LogP contribution in [0.5, 0.6) is 0 Å². The SMILES string of the molecule is CCNC(=NCCNS(C)(=O)=O)NC1CCCN(Cc2c(F)cccc2F)C1. The number of nitrogens with one attached hydrogen (secondary N) is 3. The van der Waals surface area contributed by atoms with Crippen molar-refractivity contribution in [3.63, 3.8) is 0 Å². The minimum Gasteiger partial charge on any atom is -0.357 e. The predicted octanol–water partition coefficient (Wildman–Crippen LogP) is 1.03. The van der Waals surface area contributed by atoms with Crippen molar-refractivity contribution in [3.8, 4) is 0 Å². The highest BCUT2D eigenvalue weighted by molar-refractivity contribution is 7.88. The molecule has 158 valence electrons. The highest BCUT2D eigenvalue weighted by atomic mass is 32.2. The molecule has 1 heterocycles. The maximum atomic E-state index is 13.9. The van der Waals surface area contributed by atoms with Crippen LogP contribution in [0.4, 0.5) is 8.78 Å². The molecule has 0 spiro atoms. The number of benzene rings is 1. The summed E-state index contributed by atoms with van der Waals surface area (Å²) in [4.78, 5) is 6.40. The summed E-state index contributed by atoms with van der Waals surface area (Å²) in [7, 11) is -3.23. The van der Waals surface area contributed by atoms with E-state index in [0.717, 1.165) is 25.6 Å². The Kier molecular flexibility index (Phi) is 8.58. The van der Waals surface area contributed by atoms with Gasteiger partial charge in [0.25, 0.3) is 0 Å². The van der Waals surface area contributed by atoms with Crippen LogP contribution >= 0.6 is 0 Å². The Morgan fingerprint density at radius 1 is 1.32 bits per heavy atom. The Morgan fingerprint density at radius 3 is 2.68 bits per heavy atom. The van der Waals surface area contributed by atoms with E-state index >= 15 is 0 Å². The summed E-state index contributed by atoms with van der Waals surface area (Å²) in [5, 5.41) is 6.47. The van der Waals surface area contributed by atoms with E-state index in [4.69, 9.17) is 0 Å². The van der Waals surface area contributed by atoms with Gasteiger partial charge in [0.2, 0.25) is 10.0 Å². The maximum Gasteiger partial charge on any atom is 0.208 e. The van der Waals surface area contributed by atoms with Crippen molar-refractivity contribution in [2.75, 3.05) is 39.0 Å². The van der Waals surface area contributed by atoms with Crippen LogP contribution in [0.15, 0.2) is 23.2 Å². The minimum atomic E-state index is -3.23. The number of aliphatic imine (C=N–C) groups is 1. The lowest BCUT2D eigenvalue weighted by Crippen LogP contribution is -2.51. The molecule has 0 bridgehead atoms. The molecule has 0 radical (unpaired) electrons. The summed E-state index contributed by atoms with van der Waals surface area (Å²) in [6.45, 7) is 4.78. The number of sulfonamides is 1. The second-order valence-electron chi connectivity index (χ2n) is 6.85. The van der Waals surface area contributed by atoms with Gasteiger partial charge in [-0.25, -0.2) is 21.9 Å². The van der Waals surface area contributed by atoms with Crippen LogP contribution in [0.1, 0.15) is 25.3 Å². The van der Waals surface area contributed by atoms with Crippen molar-refractivity contribution in [2.45, 2.75) is 32.4 Å². The van der Waals surface area contributed by atoms with Crippen molar-refractivity contribution < 1.29 is 17.2 Å². The molecule has 10 heteroatoms. The molecular formula is C18H29F2N5O2S. The van der Waals surface area contributed by atoms with Crippen molar-refractivity contribution in [3.05, 3.63) is 35.4 Å². The van der Waals surface area contributed by atoms with Crippen LogP contribution in [0.25, 0.3) is 0 Å². The summed E-state index contributed by atoms with van der Waals surface area (Å²) in [6.07, 6.45) is 2.93. The topological polar surface area (TPSA) is 85.8 Å². The highest BCUT2D eigenvalue weighted by Crippen LogP contribution is 2.18. The van der Waals surface area contributed by atoms with Gasteiger partial charge in [0.15, 0.2) is 5.96 Å². The minimum absolute atomic E-state index is 0.0873. The molecule has 1 atom stereocenters. The van der Waals surface area contributed by atoms with E-state index in [9.17, 15) is 17.2 Å². The van der Waals surface area contributed by atoms with E-state index in [1.165, 1.54) is 18.2 Å². The molecule has 28 heavy (non-hydrogen) atoms. The number of hydrogen-bond donors (Lipinski definition) is 3. The molecular weight excluding hydrogens is 388 g/mol. The normalized spacial score (nSPS) is 18.9. The highest BCUT2D eigenvalue weighted by Gasteiger charge is 2.22. The van der Waals surface area contributed by atoms with Gasteiger partial charge in [0.05, 0.1) is 12.8 Å². The standard InChI is InChI=1S/C18H29F2N5O2S/c1-3-21-18(22-9-10-23-28(2,26)27)24-14-6-5-11-25(12-14)13-15-16(19)7-4-8-17(15)20/h4,7-8,14,23H,3,5-6,9-13H2,1-2H3,(H2,21,22,24). The number of likely N-dealkylation sites (tertiary alicyclic amines) is 1. The molecule has 0 aromatic heterocycles. The lowest BCUT2D eigenvalue weighted by atomic mass is 10.0. The van der Waals surface area contributed by atoms with Crippen LogP contribution in [0.2, 0.25) is 0 Å². The lowest BCUT2D eigenvalue weighted by Gasteiger charge is -2.34. The van der Waals surface area contributed by atoms with Gasteiger partial charge in [0.1, 0.15) is 11.6 Å². The zero-order chi connectivity index (χ0) is 20.6. The molecule has 0 saturated carbocycles. The van der Waals surface area contributed by atoms with Gasteiger partial charge in [0, 0.05) is 37.8 Å². The van der Waals surface area contributed by atoms with E-state index in [1.54, 1.807) is 0 Å². The van der Waals surface area contributed by atoms with Gasteiger partial charge in [-0.2, -0.15) is 0 Å². The number of piperidine rings is 1. The van der Waals surface area contributed by atoms with Crippen molar-refractivity contribution >= 4 is 16.0 Å². The fourth-order valence-corrected chi connectivity index (χ4v) is 3.60. The largest absolute Gasteiger partial charge is 0.357 e. The first-order valence-corrected chi connectivity index (χ1v) is 11.3. The Balaban J connectivity index is 1.92.